The summed E-state index contributed by atoms with van der Waals surface area (Å²) in [5, 5.41) is 2.81. The van der Waals surface area contributed by atoms with Crippen molar-refractivity contribution in [2.75, 3.05) is 23.9 Å². The number of hydrogen-bond acceptors (Lipinski definition) is 5. The highest BCUT2D eigenvalue weighted by atomic mass is 32.2. The Morgan fingerprint density at radius 1 is 1.30 bits per heavy atom. The molecule has 2 rings (SSSR count). The fourth-order valence-electron chi connectivity index (χ4n) is 1.50. The Labute approximate surface area is 121 Å². The van der Waals surface area contributed by atoms with Crippen LogP contribution < -0.4 is 15.8 Å². The van der Waals surface area contributed by atoms with Crippen LogP contribution in [-0.4, -0.2) is 23.8 Å². The molecule has 6 heteroatoms. The van der Waals surface area contributed by atoms with Gasteiger partial charge in [0.2, 0.25) is 5.91 Å². The molecule has 0 fully saturated rings. The van der Waals surface area contributed by atoms with Crippen LogP contribution in [0, 0.1) is 0 Å². The van der Waals surface area contributed by atoms with E-state index < -0.39 is 0 Å². The SMILES string of the molecule is COc1ccc(NC(=O)CSc2ccc(N)nc2)cc1. The molecule has 0 radical (unpaired) electrons. The van der Waals surface area contributed by atoms with Gasteiger partial charge in [0.25, 0.3) is 0 Å². The molecule has 104 valence electrons. The van der Waals surface area contributed by atoms with Crippen molar-refractivity contribution in [1.29, 1.82) is 0 Å². The third-order valence-electron chi connectivity index (χ3n) is 2.50. The second-order valence-electron chi connectivity index (χ2n) is 3.98. The van der Waals surface area contributed by atoms with Crippen LogP contribution in [0.4, 0.5) is 11.5 Å². The number of benzene rings is 1. The summed E-state index contributed by atoms with van der Waals surface area (Å²) in [6.07, 6.45) is 1.65. The highest BCUT2D eigenvalue weighted by Crippen LogP contribution is 2.19. The van der Waals surface area contributed by atoms with Gasteiger partial charge in [-0.3, -0.25) is 4.79 Å². The van der Waals surface area contributed by atoms with E-state index in [1.165, 1.54) is 11.8 Å². The van der Waals surface area contributed by atoms with Gasteiger partial charge in [-0.2, -0.15) is 0 Å². The Morgan fingerprint density at radius 3 is 2.65 bits per heavy atom. The molecule has 3 N–H and O–H groups in total. The Hall–Kier alpha value is -2.21. The van der Waals surface area contributed by atoms with Crippen molar-refractivity contribution in [1.82, 2.24) is 4.98 Å². The van der Waals surface area contributed by atoms with E-state index in [0.29, 0.717) is 11.6 Å². The lowest BCUT2D eigenvalue weighted by atomic mass is 10.3. The molecule has 1 aromatic heterocycles. The molecule has 0 unspecified atom stereocenters. The lowest BCUT2D eigenvalue weighted by molar-refractivity contribution is -0.113. The molecule has 0 bridgehead atoms. The molecule has 2 aromatic rings. The van der Waals surface area contributed by atoms with Crippen molar-refractivity contribution < 1.29 is 9.53 Å². The minimum Gasteiger partial charge on any atom is -0.497 e. The molecular weight excluding hydrogens is 274 g/mol. The average molecular weight is 289 g/mol. The van der Waals surface area contributed by atoms with Crippen LogP contribution in [0.2, 0.25) is 0 Å². The van der Waals surface area contributed by atoms with Gasteiger partial charge in [-0.1, -0.05) is 0 Å². The summed E-state index contributed by atoms with van der Waals surface area (Å²) in [5.74, 6) is 1.47. The average Bonchev–Trinajstić information content (AvgIpc) is 2.47. The van der Waals surface area contributed by atoms with Gasteiger partial charge in [0.15, 0.2) is 0 Å². The second kappa shape index (κ2) is 6.81. The van der Waals surface area contributed by atoms with Gasteiger partial charge in [-0.05, 0) is 36.4 Å². The summed E-state index contributed by atoms with van der Waals surface area (Å²) in [7, 11) is 1.60. The van der Waals surface area contributed by atoms with Gasteiger partial charge >= 0.3 is 0 Å². The molecule has 0 aliphatic carbocycles. The topological polar surface area (TPSA) is 77.2 Å². The maximum absolute atomic E-state index is 11.8. The van der Waals surface area contributed by atoms with Crippen molar-refractivity contribution in [3.8, 4) is 5.75 Å². The molecule has 1 amide bonds. The molecule has 0 aliphatic rings. The third kappa shape index (κ3) is 4.17. The minimum atomic E-state index is -0.0722. The number of rotatable bonds is 5. The zero-order chi connectivity index (χ0) is 14.4. The van der Waals surface area contributed by atoms with E-state index in [1.54, 1.807) is 43.6 Å². The summed E-state index contributed by atoms with van der Waals surface area (Å²) >= 11 is 1.41. The number of nitrogens with two attached hydrogens (primary N) is 1. The van der Waals surface area contributed by atoms with E-state index >= 15 is 0 Å². The number of aromatic nitrogens is 1. The molecule has 0 saturated carbocycles. The highest BCUT2D eigenvalue weighted by Gasteiger charge is 2.04. The van der Waals surface area contributed by atoms with Crippen LogP contribution in [0.3, 0.4) is 0 Å². The first-order valence-electron chi connectivity index (χ1n) is 5.95. The van der Waals surface area contributed by atoms with Gasteiger partial charge in [0.05, 0.1) is 12.9 Å². The van der Waals surface area contributed by atoms with E-state index in [2.05, 4.69) is 10.3 Å². The summed E-state index contributed by atoms with van der Waals surface area (Å²) in [6, 6.07) is 10.7. The first-order valence-corrected chi connectivity index (χ1v) is 6.94. The van der Waals surface area contributed by atoms with Crippen molar-refractivity contribution in [3.63, 3.8) is 0 Å². The van der Waals surface area contributed by atoms with Gasteiger partial charge < -0.3 is 15.8 Å². The lowest BCUT2D eigenvalue weighted by Crippen LogP contribution is -2.13. The molecule has 0 atom stereocenters. The van der Waals surface area contributed by atoms with Crippen LogP contribution in [-0.2, 0) is 4.79 Å². The minimum absolute atomic E-state index is 0.0722. The van der Waals surface area contributed by atoms with Gasteiger partial charge in [-0.15, -0.1) is 11.8 Å². The number of pyridine rings is 1. The number of methoxy groups -OCH3 is 1. The number of anilines is 2. The number of amides is 1. The second-order valence-corrected chi connectivity index (χ2v) is 5.03. The summed E-state index contributed by atoms with van der Waals surface area (Å²) in [4.78, 5) is 16.7. The van der Waals surface area contributed by atoms with Crippen LogP contribution in [0.1, 0.15) is 0 Å². The molecule has 5 nitrogen and oxygen atoms in total. The number of nitrogens with one attached hydrogen (secondary N) is 1. The zero-order valence-electron chi connectivity index (χ0n) is 11.0. The fraction of sp³-hybridized carbons (Fsp3) is 0.143. The Kier molecular flexibility index (Phi) is 4.84. The molecule has 0 saturated heterocycles. The molecule has 1 heterocycles. The number of hydrogen-bond donors (Lipinski definition) is 2. The molecule has 0 aliphatic heterocycles. The van der Waals surface area contributed by atoms with Crippen LogP contribution in [0.15, 0.2) is 47.5 Å². The molecule has 0 spiro atoms. The van der Waals surface area contributed by atoms with Crippen molar-refractivity contribution in [3.05, 3.63) is 42.6 Å². The fourth-order valence-corrected chi connectivity index (χ4v) is 2.16. The highest BCUT2D eigenvalue weighted by molar-refractivity contribution is 8.00. The van der Waals surface area contributed by atoms with E-state index in [9.17, 15) is 4.79 Å². The smallest absolute Gasteiger partial charge is 0.234 e. The van der Waals surface area contributed by atoms with E-state index in [-0.39, 0.29) is 5.91 Å². The number of nitrogen functional groups attached to an aromatic ring is 1. The molecule has 1 aromatic carbocycles. The summed E-state index contributed by atoms with van der Waals surface area (Å²) in [5.41, 5.74) is 6.24. The van der Waals surface area contributed by atoms with Gasteiger partial charge in [-0.25, -0.2) is 4.98 Å². The Morgan fingerprint density at radius 2 is 2.05 bits per heavy atom. The van der Waals surface area contributed by atoms with Crippen molar-refractivity contribution in [2.24, 2.45) is 0 Å². The number of nitrogens with zero attached hydrogens (tertiary/aromatic N) is 1. The first kappa shape index (κ1) is 14.2. The Balaban J connectivity index is 1.84. The van der Waals surface area contributed by atoms with Crippen LogP contribution in [0.5, 0.6) is 5.75 Å². The normalized spacial score (nSPS) is 10.1. The predicted molar refractivity (Wildman–Crippen MR) is 81.0 cm³/mol. The third-order valence-corrected chi connectivity index (χ3v) is 3.48. The quantitative estimate of drug-likeness (QED) is 0.826. The lowest BCUT2D eigenvalue weighted by Gasteiger charge is -2.06. The maximum atomic E-state index is 11.8. The van der Waals surface area contributed by atoms with Crippen molar-refractivity contribution in [2.45, 2.75) is 4.90 Å². The standard InChI is InChI=1S/C14H15N3O2S/c1-19-11-4-2-10(3-5-11)17-14(18)9-20-12-6-7-13(15)16-8-12/h2-8H,9H2,1H3,(H2,15,16)(H,17,18). The largest absolute Gasteiger partial charge is 0.497 e. The van der Waals surface area contributed by atoms with E-state index in [4.69, 9.17) is 10.5 Å². The van der Waals surface area contributed by atoms with Crippen LogP contribution in [0.25, 0.3) is 0 Å². The zero-order valence-corrected chi connectivity index (χ0v) is 11.8. The van der Waals surface area contributed by atoms with Crippen LogP contribution >= 0.6 is 11.8 Å². The first-order chi connectivity index (χ1) is 9.67. The van der Waals surface area contributed by atoms with Gasteiger partial charge in [0, 0.05) is 16.8 Å². The summed E-state index contributed by atoms with van der Waals surface area (Å²) in [6.45, 7) is 0. The number of carbonyl (C=O) groups excluding carboxylic acids is 1. The van der Waals surface area contributed by atoms with Crippen molar-refractivity contribution >= 4 is 29.2 Å². The Bertz CT molecular complexity index is 570. The monoisotopic (exact) mass is 289 g/mol. The van der Waals surface area contributed by atoms with E-state index in [1.807, 2.05) is 6.07 Å². The van der Waals surface area contributed by atoms with Gasteiger partial charge in [0.1, 0.15) is 11.6 Å². The number of carbonyl (C=O) groups is 1. The molecular formula is C14H15N3O2S. The predicted octanol–water partition coefficient (Wildman–Crippen LogP) is 2.40. The number of thioether (sulfide) groups is 1. The maximum Gasteiger partial charge on any atom is 0.234 e. The number of ether oxygens (including phenoxy) is 1. The molecule has 20 heavy (non-hydrogen) atoms. The van der Waals surface area contributed by atoms with E-state index in [0.717, 1.165) is 16.3 Å². The summed E-state index contributed by atoms with van der Waals surface area (Å²) < 4.78 is 5.06.